The normalized spacial score (nSPS) is 19.1. The van der Waals surface area contributed by atoms with Gasteiger partial charge >= 0.3 is 6.03 Å². The molecule has 12 rings (SSSR count). The summed E-state index contributed by atoms with van der Waals surface area (Å²) < 4.78 is 19.4. The van der Waals surface area contributed by atoms with Gasteiger partial charge in [0.05, 0.1) is 40.3 Å². The third kappa shape index (κ3) is 7.32. The first-order valence-corrected chi connectivity index (χ1v) is 23.3. The number of amides is 5. The third-order valence-electron chi connectivity index (χ3n) is 14.0. The molecule has 67 heavy (non-hydrogen) atoms. The maximum absolute atomic E-state index is 15.9. The van der Waals surface area contributed by atoms with Gasteiger partial charge in [0, 0.05) is 93.3 Å². The average molecular weight is 925 g/mol. The lowest BCUT2D eigenvalue weighted by Gasteiger charge is -2.61. The number of hydrogen-bond donors (Lipinski definition) is 4. The Morgan fingerprint density at radius 3 is 2.52 bits per heavy atom. The fourth-order valence-electron chi connectivity index (χ4n) is 10.5. The van der Waals surface area contributed by atoms with Crippen LogP contribution >= 0.6 is 11.3 Å². The highest BCUT2D eigenvalue weighted by Crippen LogP contribution is 2.43. The first-order valence-electron chi connectivity index (χ1n) is 22.5. The lowest BCUT2D eigenvalue weighted by molar-refractivity contribution is -0.151. The number of carbonyl (C=O) groups excluding carboxylic acids is 4. The highest BCUT2D eigenvalue weighted by molar-refractivity contribution is 7.13. The van der Waals surface area contributed by atoms with E-state index in [1.54, 1.807) is 24.1 Å². The van der Waals surface area contributed by atoms with Crippen LogP contribution in [0.4, 0.5) is 31.6 Å². The first kappa shape index (κ1) is 41.2. The van der Waals surface area contributed by atoms with Gasteiger partial charge in [-0.15, -0.1) is 11.3 Å². The summed E-state index contributed by atoms with van der Waals surface area (Å²) in [7, 11) is 0. The van der Waals surface area contributed by atoms with Crippen molar-refractivity contribution in [2.75, 3.05) is 65.8 Å². The lowest BCUT2D eigenvalue weighted by Crippen LogP contribution is -2.73. The first-order chi connectivity index (χ1) is 32.5. The molecule has 0 saturated carbocycles. The van der Waals surface area contributed by atoms with Crippen molar-refractivity contribution in [1.29, 1.82) is 0 Å². The van der Waals surface area contributed by atoms with E-state index < -0.39 is 23.5 Å². The van der Waals surface area contributed by atoms with E-state index in [2.05, 4.69) is 45.2 Å². The maximum atomic E-state index is 15.9. The largest absolute Gasteiger partial charge is 0.389 e. The van der Waals surface area contributed by atoms with E-state index in [0.717, 1.165) is 49.4 Å². The number of H-pyrrole nitrogens is 1. The van der Waals surface area contributed by atoms with Crippen LogP contribution in [0.5, 0.6) is 0 Å². The van der Waals surface area contributed by atoms with Gasteiger partial charge in [0.2, 0.25) is 11.8 Å². The molecule has 19 nitrogen and oxygen atoms in total. The van der Waals surface area contributed by atoms with Crippen molar-refractivity contribution < 1.29 is 28.7 Å². The van der Waals surface area contributed by atoms with E-state index in [4.69, 9.17) is 10.1 Å². The molecule has 5 aliphatic rings. The number of likely N-dealkylation sites (tertiary alicyclic amines) is 1. The predicted molar refractivity (Wildman–Crippen MR) is 246 cm³/mol. The van der Waals surface area contributed by atoms with Gasteiger partial charge in [-0.05, 0) is 73.2 Å². The van der Waals surface area contributed by atoms with Crippen molar-refractivity contribution in [3.63, 3.8) is 0 Å². The van der Waals surface area contributed by atoms with E-state index in [0.29, 0.717) is 89.0 Å². The molecule has 5 aromatic heterocycles. The van der Waals surface area contributed by atoms with Crippen LogP contribution in [0, 0.1) is 11.2 Å². The van der Waals surface area contributed by atoms with Crippen LogP contribution < -0.4 is 25.3 Å². The molecule has 10 heterocycles. The molecule has 2 aromatic carbocycles. The molecule has 1 spiro atoms. The molecule has 1 atom stereocenters. The number of aryl methyl sites for hydroxylation is 1. The fraction of sp³-hybridized carbons (Fsp3) is 0.370. The third-order valence-corrected chi connectivity index (χ3v) is 14.7. The molecule has 7 aromatic rings. The molecule has 1 unspecified atom stereocenters. The van der Waals surface area contributed by atoms with Crippen molar-refractivity contribution in [3.8, 4) is 11.1 Å². The Morgan fingerprint density at radius 1 is 0.925 bits per heavy atom. The SMILES string of the molecule is O=C1CCN(c2n[nH]c3nc(N4CCC(O)(CC(=O)N5CC6(C5)CN(c5ccc(-c7cc(F)c8cn(C(C(=O)Nc9nccs9)c9ncn%10c9CCC%10)nc8c7)cc5)C6)CC4)ccc23)C(=O)N1. The van der Waals surface area contributed by atoms with Gasteiger partial charge in [0.1, 0.15) is 11.6 Å². The molecular weight excluding hydrogens is 880 g/mol. The zero-order valence-corrected chi connectivity index (χ0v) is 37.0. The predicted octanol–water partition coefficient (Wildman–Crippen LogP) is 4.46. The van der Waals surface area contributed by atoms with Crippen LogP contribution in [0.25, 0.3) is 33.1 Å². The summed E-state index contributed by atoms with van der Waals surface area (Å²) in [4.78, 5) is 72.4. The number of thiazole rings is 1. The number of imide groups is 1. The van der Waals surface area contributed by atoms with E-state index >= 15 is 4.39 Å². The molecular formula is C46H45FN14O5S. The number of imidazole rings is 1. The topological polar surface area (TPSA) is 216 Å². The second-order valence-corrected chi connectivity index (χ2v) is 19.4. The zero-order chi connectivity index (χ0) is 45.6. The molecule has 0 bridgehead atoms. The number of nitrogens with one attached hydrogen (secondary N) is 3. The number of fused-ring (bicyclic) bond motifs is 3. The van der Waals surface area contributed by atoms with Crippen molar-refractivity contribution in [2.45, 2.75) is 56.7 Å². The van der Waals surface area contributed by atoms with Gasteiger partial charge in [0.25, 0.3) is 5.91 Å². The Balaban J connectivity index is 0.650. The second kappa shape index (κ2) is 15.7. The van der Waals surface area contributed by atoms with Gasteiger partial charge in [-0.25, -0.2) is 24.1 Å². The van der Waals surface area contributed by atoms with Gasteiger partial charge in [-0.2, -0.15) is 10.2 Å². The summed E-state index contributed by atoms with van der Waals surface area (Å²) in [5.41, 5.74) is 3.97. The number of benzene rings is 2. The van der Waals surface area contributed by atoms with Gasteiger partial charge in [0.15, 0.2) is 22.6 Å². The summed E-state index contributed by atoms with van der Waals surface area (Å²) in [5.74, 6) is -0.0214. The molecule has 4 N–H and O–H groups in total. The maximum Gasteiger partial charge on any atom is 0.329 e. The number of aromatic amines is 1. The number of nitrogens with zero attached hydrogens (tertiary/aromatic N) is 11. The molecule has 5 amide bonds. The number of hydrogen-bond acceptors (Lipinski definition) is 13. The van der Waals surface area contributed by atoms with E-state index in [1.165, 1.54) is 27.0 Å². The Kier molecular flexibility index (Phi) is 9.64. The number of urea groups is 1. The number of piperidine rings is 1. The molecule has 4 fully saturated rings. The van der Waals surface area contributed by atoms with Crippen molar-refractivity contribution in [2.24, 2.45) is 5.41 Å². The van der Waals surface area contributed by atoms with E-state index in [-0.39, 0.29) is 42.5 Å². The number of aromatic nitrogens is 8. The monoisotopic (exact) mass is 924 g/mol. The number of pyridine rings is 1. The minimum atomic E-state index is -1.11. The van der Waals surface area contributed by atoms with Crippen molar-refractivity contribution >= 4 is 79.5 Å². The molecule has 0 radical (unpaired) electrons. The number of aliphatic hydroxyl groups is 1. The molecule has 342 valence electrons. The Labute approximate surface area is 385 Å². The zero-order valence-electron chi connectivity index (χ0n) is 36.2. The van der Waals surface area contributed by atoms with Gasteiger partial charge in [-0.1, -0.05) is 12.1 Å². The van der Waals surface area contributed by atoms with E-state index in [9.17, 15) is 24.3 Å². The van der Waals surface area contributed by atoms with Crippen LogP contribution in [0.1, 0.15) is 49.5 Å². The second-order valence-electron chi connectivity index (χ2n) is 18.5. The van der Waals surface area contributed by atoms with Crippen molar-refractivity contribution in [1.82, 2.24) is 49.7 Å². The standard InChI is InChI=1S/C46H45FN14O5S/c47-32-18-28(19-33-31(32)21-61(55-33)39(42(64)52-43-48-12-17-67-43)38-34-2-1-13-57(34)26-49-38)27-3-5-29(6-4-27)58-22-45(23-58)24-59(25-45)37(63)20-46(66)10-15-56(16-11-46)35-8-7-30-40(50-35)53-54-41(30)60-14-9-36(62)51-44(60)65/h3-8,12,17-19,21,26,39,66H,1-2,9-11,13-16,20,22-25H2,(H,48,52,64)(H,50,53,54)(H,51,62,65). The average Bonchev–Trinajstić information content (AvgIpc) is 4.14. The summed E-state index contributed by atoms with van der Waals surface area (Å²) >= 11 is 1.32. The Morgan fingerprint density at radius 2 is 1.75 bits per heavy atom. The number of anilines is 4. The highest BCUT2D eigenvalue weighted by Gasteiger charge is 2.54. The van der Waals surface area contributed by atoms with Crippen LogP contribution in [0.3, 0.4) is 0 Å². The Hall–Kier alpha value is -7.26. The highest BCUT2D eigenvalue weighted by atomic mass is 32.1. The molecule has 0 aliphatic carbocycles. The van der Waals surface area contributed by atoms with Crippen LogP contribution in [0.15, 0.2) is 72.6 Å². The van der Waals surface area contributed by atoms with Crippen molar-refractivity contribution in [3.05, 3.63) is 89.8 Å². The molecule has 5 aliphatic heterocycles. The minimum absolute atomic E-state index is 0.0189. The van der Waals surface area contributed by atoms with Gasteiger partial charge in [-0.3, -0.25) is 39.7 Å². The Bertz CT molecular complexity index is 3110. The number of halogens is 1. The molecule has 4 saturated heterocycles. The number of rotatable bonds is 10. The van der Waals surface area contributed by atoms with Crippen LogP contribution in [-0.4, -0.2) is 125 Å². The lowest BCUT2D eigenvalue weighted by atomic mass is 9.72. The molecule has 21 heteroatoms. The minimum Gasteiger partial charge on any atom is -0.389 e. The van der Waals surface area contributed by atoms with Crippen LogP contribution in [0.2, 0.25) is 0 Å². The smallest absolute Gasteiger partial charge is 0.329 e. The van der Waals surface area contributed by atoms with Crippen LogP contribution in [-0.2, 0) is 27.3 Å². The summed E-state index contributed by atoms with van der Waals surface area (Å²) in [6.45, 7) is 5.03. The number of carbonyl (C=O) groups is 4. The quantitative estimate of drug-likeness (QED) is 0.150. The summed E-state index contributed by atoms with van der Waals surface area (Å²) in [6.07, 6.45) is 7.81. The fourth-order valence-corrected chi connectivity index (χ4v) is 11.0. The summed E-state index contributed by atoms with van der Waals surface area (Å²) in [5, 5.41) is 31.9. The van der Waals surface area contributed by atoms with E-state index in [1.807, 2.05) is 47.4 Å². The summed E-state index contributed by atoms with van der Waals surface area (Å²) in [6, 6.07) is 13.6. The van der Waals surface area contributed by atoms with Gasteiger partial charge < -0.3 is 24.4 Å².